The molecule has 2 heterocycles. The van der Waals surface area contributed by atoms with E-state index in [1.54, 1.807) is 25.3 Å². The van der Waals surface area contributed by atoms with Crippen molar-refractivity contribution in [3.63, 3.8) is 0 Å². The van der Waals surface area contributed by atoms with Crippen LogP contribution in [0.3, 0.4) is 0 Å². The summed E-state index contributed by atoms with van der Waals surface area (Å²) in [4.78, 5) is 5.37. The van der Waals surface area contributed by atoms with E-state index in [1.807, 2.05) is 16.0 Å². The molecular weight excluding hydrogens is 294 g/mol. The van der Waals surface area contributed by atoms with Gasteiger partial charge in [-0.2, -0.15) is 0 Å². The molecule has 0 saturated carbocycles. The highest BCUT2D eigenvalue weighted by atomic mass is 32.2. The van der Waals surface area contributed by atoms with Gasteiger partial charge in [-0.15, -0.1) is 11.3 Å². The number of thiazole rings is 1. The minimum Gasteiger partial charge on any atom is -0.399 e. The second-order valence-electron chi connectivity index (χ2n) is 4.61. The molecule has 0 aliphatic carbocycles. The number of benzene rings is 1. The van der Waals surface area contributed by atoms with Crippen LogP contribution in [0.2, 0.25) is 0 Å². The lowest BCUT2D eigenvalue weighted by atomic mass is 10.2. The summed E-state index contributed by atoms with van der Waals surface area (Å²) in [6, 6.07) is 4.91. The highest BCUT2D eigenvalue weighted by Gasteiger charge is 2.20. The van der Waals surface area contributed by atoms with Gasteiger partial charge >= 0.3 is 0 Å². The van der Waals surface area contributed by atoms with Gasteiger partial charge in [-0.3, -0.25) is 4.40 Å². The molecule has 0 bridgehead atoms. The van der Waals surface area contributed by atoms with Crippen LogP contribution < -0.4 is 5.73 Å². The monoisotopic (exact) mass is 307 g/mol. The van der Waals surface area contributed by atoms with Crippen molar-refractivity contribution in [1.29, 1.82) is 0 Å². The third kappa shape index (κ3) is 2.30. The van der Waals surface area contributed by atoms with E-state index in [9.17, 15) is 8.42 Å². The lowest BCUT2D eigenvalue weighted by Crippen LogP contribution is -2.07. The zero-order valence-corrected chi connectivity index (χ0v) is 12.4. The minimum absolute atomic E-state index is 0.119. The van der Waals surface area contributed by atoms with Gasteiger partial charge in [-0.25, -0.2) is 13.4 Å². The molecule has 2 N–H and O–H groups in total. The van der Waals surface area contributed by atoms with E-state index in [1.165, 1.54) is 17.4 Å². The Morgan fingerprint density at radius 2 is 2.20 bits per heavy atom. The van der Waals surface area contributed by atoms with Gasteiger partial charge in [0, 0.05) is 23.5 Å². The third-order valence-corrected chi connectivity index (χ3v) is 5.58. The molecule has 20 heavy (non-hydrogen) atoms. The first-order valence-electron chi connectivity index (χ1n) is 5.96. The van der Waals surface area contributed by atoms with Crippen LogP contribution in [0, 0.1) is 6.92 Å². The number of imidazole rings is 1. The predicted molar refractivity (Wildman–Crippen MR) is 79.6 cm³/mol. The van der Waals surface area contributed by atoms with Crippen molar-refractivity contribution in [2.45, 2.75) is 17.6 Å². The number of nitrogens with zero attached hydrogens (tertiary/aromatic N) is 2. The van der Waals surface area contributed by atoms with Crippen LogP contribution in [-0.4, -0.2) is 17.8 Å². The fourth-order valence-electron chi connectivity index (χ4n) is 2.07. The van der Waals surface area contributed by atoms with Crippen molar-refractivity contribution in [3.8, 4) is 0 Å². The van der Waals surface area contributed by atoms with Gasteiger partial charge in [0.1, 0.15) is 0 Å². The summed E-state index contributed by atoms with van der Waals surface area (Å²) in [6.07, 6.45) is 3.60. The van der Waals surface area contributed by atoms with Crippen LogP contribution in [0.25, 0.3) is 4.96 Å². The van der Waals surface area contributed by atoms with Gasteiger partial charge in [-0.05, 0) is 24.6 Å². The largest absolute Gasteiger partial charge is 0.399 e. The molecule has 0 aliphatic heterocycles. The number of hydrogen-bond acceptors (Lipinski definition) is 5. The average Bonchev–Trinajstić information content (AvgIpc) is 2.92. The van der Waals surface area contributed by atoms with Crippen LogP contribution >= 0.6 is 11.3 Å². The van der Waals surface area contributed by atoms with Gasteiger partial charge in [0.2, 0.25) is 0 Å². The summed E-state index contributed by atoms with van der Waals surface area (Å²) >= 11 is 1.47. The molecule has 3 rings (SSSR count). The summed E-state index contributed by atoms with van der Waals surface area (Å²) in [7, 11) is -3.44. The maximum atomic E-state index is 12.5. The lowest BCUT2D eigenvalue weighted by molar-refractivity contribution is 0.594. The van der Waals surface area contributed by atoms with Crippen molar-refractivity contribution < 1.29 is 8.42 Å². The maximum Gasteiger partial charge on any atom is 0.193 e. The Balaban J connectivity index is 1.99. The van der Waals surface area contributed by atoms with Gasteiger partial charge in [-0.1, -0.05) is 6.07 Å². The van der Waals surface area contributed by atoms with Crippen molar-refractivity contribution in [1.82, 2.24) is 9.38 Å². The molecule has 0 amide bonds. The second-order valence-corrected chi connectivity index (χ2v) is 7.44. The van der Waals surface area contributed by atoms with Gasteiger partial charge in [0.25, 0.3) is 0 Å². The molecule has 7 heteroatoms. The number of hydrogen-bond donors (Lipinski definition) is 1. The third-order valence-electron chi connectivity index (χ3n) is 3.03. The van der Waals surface area contributed by atoms with E-state index in [0.717, 1.165) is 4.96 Å². The minimum atomic E-state index is -3.44. The molecule has 0 fully saturated rings. The van der Waals surface area contributed by atoms with E-state index < -0.39 is 9.84 Å². The Morgan fingerprint density at radius 3 is 2.95 bits per heavy atom. The number of sulfone groups is 1. The fourth-order valence-corrected chi connectivity index (χ4v) is 4.35. The molecule has 0 aliphatic rings. The number of rotatable bonds is 3. The molecular formula is C13H13N3O2S2. The molecule has 0 atom stereocenters. The number of aromatic nitrogens is 2. The molecule has 0 saturated heterocycles. The molecule has 104 valence electrons. The zero-order chi connectivity index (χ0) is 14.3. The van der Waals surface area contributed by atoms with Crippen LogP contribution in [0.5, 0.6) is 0 Å². The van der Waals surface area contributed by atoms with Crippen LogP contribution in [0.15, 0.2) is 40.9 Å². The number of fused-ring (bicyclic) bond motifs is 1. The van der Waals surface area contributed by atoms with E-state index in [2.05, 4.69) is 4.98 Å². The average molecular weight is 307 g/mol. The number of aryl methyl sites for hydroxylation is 1. The van der Waals surface area contributed by atoms with E-state index in [4.69, 9.17) is 5.73 Å². The summed E-state index contributed by atoms with van der Waals surface area (Å²) in [6.45, 7) is 1.76. The Morgan fingerprint density at radius 1 is 1.40 bits per heavy atom. The van der Waals surface area contributed by atoms with Crippen molar-refractivity contribution in [2.24, 2.45) is 0 Å². The molecule has 5 nitrogen and oxygen atoms in total. The highest BCUT2D eigenvalue weighted by Crippen LogP contribution is 2.23. The van der Waals surface area contributed by atoms with E-state index >= 15 is 0 Å². The second kappa shape index (κ2) is 4.60. The maximum absolute atomic E-state index is 12.5. The summed E-state index contributed by atoms with van der Waals surface area (Å²) < 4.78 is 26.8. The topological polar surface area (TPSA) is 77.5 Å². The van der Waals surface area contributed by atoms with Crippen molar-refractivity contribution in [3.05, 3.63) is 47.2 Å². The number of anilines is 1. The summed E-state index contributed by atoms with van der Waals surface area (Å²) in [5.41, 5.74) is 7.36. The summed E-state index contributed by atoms with van der Waals surface area (Å²) in [5, 5.41) is 1.91. The molecule has 3 aromatic rings. The van der Waals surface area contributed by atoms with Crippen LogP contribution in [0.4, 0.5) is 5.69 Å². The Kier molecular flexibility index (Phi) is 3.02. The van der Waals surface area contributed by atoms with Crippen LogP contribution in [-0.2, 0) is 15.6 Å². The van der Waals surface area contributed by atoms with Gasteiger partial charge < -0.3 is 5.73 Å². The van der Waals surface area contributed by atoms with E-state index in [0.29, 0.717) is 16.9 Å². The van der Waals surface area contributed by atoms with Gasteiger partial charge in [0.05, 0.1) is 16.3 Å². The lowest BCUT2D eigenvalue weighted by Gasteiger charge is -2.07. The standard InChI is InChI=1S/C13H13N3O2S2/c1-9-2-3-10(14)6-12(9)20(17,18)8-11-7-16-4-5-19-13(16)15-11/h2-7H,8,14H2,1H3. The Hall–Kier alpha value is -1.86. The number of nitrogen functional groups attached to an aromatic ring is 1. The SMILES string of the molecule is Cc1ccc(N)cc1S(=O)(=O)Cc1cn2ccsc2n1. The fraction of sp³-hybridized carbons (Fsp3) is 0.154. The normalized spacial score (nSPS) is 12.1. The molecule has 2 aromatic heterocycles. The van der Waals surface area contributed by atoms with Gasteiger partial charge in [0.15, 0.2) is 14.8 Å². The smallest absolute Gasteiger partial charge is 0.193 e. The first kappa shape index (κ1) is 13.1. The molecule has 1 aromatic carbocycles. The van der Waals surface area contributed by atoms with Crippen molar-refractivity contribution >= 4 is 31.8 Å². The Labute approximate surface area is 120 Å². The predicted octanol–water partition coefficient (Wildman–Crippen LogP) is 2.26. The quantitative estimate of drug-likeness (QED) is 0.753. The summed E-state index contributed by atoms with van der Waals surface area (Å²) in [5.74, 6) is -0.119. The van der Waals surface area contributed by atoms with E-state index in [-0.39, 0.29) is 10.6 Å². The highest BCUT2D eigenvalue weighted by molar-refractivity contribution is 7.90. The Bertz CT molecular complexity index is 850. The molecule has 0 radical (unpaired) electrons. The zero-order valence-electron chi connectivity index (χ0n) is 10.8. The first-order chi connectivity index (χ1) is 9.45. The number of nitrogens with two attached hydrogens (primary N) is 1. The van der Waals surface area contributed by atoms with Crippen LogP contribution in [0.1, 0.15) is 11.3 Å². The molecule has 0 unspecified atom stereocenters. The van der Waals surface area contributed by atoms with Crippen molar-refractivity contribution in [2.75, 3.05) is 5.73 Å². The molecule has 0 spiro atoms. The first-order valence-corrected chi connectivity index (χ1v) is 8.49.